The Morgan fingerprint density at radius 1 is 1.02 bits per heavy atom. The number of H-pyrrole nitrogens is 1. The Labute approximate surface area is 241 Å². The van der Waals surface area contributed by atoms with Gasteiger partial charge in [-0.25, -0.2) is 9.37 Å². The maximum absolute atomic E-state index is 14.3. The second-order valence-electron chi connectivity index (χ2n) is 10.9. The van der Waals surface area contributed by atoms with Gasteiger partial charge in [0.2, 0.25) is 5.82 Å². The highest BCUT2D eigenvalue weighted by Crippen LogP contribution is 2.39. The molecule has 12 heteroatoms. The van der Waals surface area contributed by atoms with Gasteiger partial charge in [-0.05, 0) is 58.7 Å². The van der Waals surface area contributed by atoms with Crippen molar-refractivity contribution >= 4 is 23.2 Å². The topological polar surface area (TPSA) is 148 Å². The number of pyridine rings is 1. The second kappa shape index (κ2) is 10.4. The number of likely N-dealkylation sites (tertiary alicyclic amines) is 1. The number of carbonyl (C=O) groups is 2. The van der Waals surface area contributed by atoms with Gasteiger partial charge in [-0.1, -0.05) is 18.2 Å². The van der Waals surface area contributed by atoms with Gasteiger partial charge < -0.3 is 15.6 Å². The monoisotopic (exact) mass is 567 g/mol. The predicted molar refractivity (Wildman–Crippen MR) is 154 cm³/mol. The minimum Gasteiger partial charge on any atom is -0.383 e. The summed E-state index contributed by atoms with van der Waals surface area (Å²) in [5, 5.41) is 12.3. The Bertz CT molecular complexity index is 1820. The number of halogens is 1. The summed E-state index contributed by atoms with van der Waals surface area (Å²) in [7, 11) is 0. The Balaban J connectivity index is 1.37. The van der Waals surface area contributed by atoms with Gasteiger partial charge in [0.05, 0.1) is 23.1 Å². The van der Waals surface area contributed by atoms with Gasteiger partial charge in [0, 0.05) is 40.9 Å². The van der Waals surface area contributed by atoms with E-state index in [4.69, 9.17) is 10.7 Å². The van der Waals surface area contributed by atoms with Crippen LogP contribution in [0.15, 0.2) is 48.8 Å². The lowest BCUT2D eigenvalue weighted by atomic mass is 9.82. The van der Waals surface area contributed by atoms with E-state index in [0.717, 1.165) is 5.56 Å². The molecule has 0 aliphatic carbocycles. The Morgan fingerprint density at radius 2 is 1.76 bits per heavy atom. The molecule has 1 aliphatic heterocycles. The van der Waals surface area contributed by atoms with Crippen molar-refractivity contribution in [1.29, 1.82) is 0 Å². The van der Waals surface area contributed by atoms with E-state index < -0.39 is 0 Å². The lowest BCUT2D eigenvalue weighted by Gasteiger charge is -2.42. The average molecular weight is 568 g/mol. The normalized spacial score (nSPS) is 18.9. The van der Waals surface area contributed by atoms with Gasteiger partial charge in [-0.15, -0.1) is 10.2 Å². The SMILES string of the molecule is CC(=O)c1c([C@@H]2CC(C)N(C(=O)c3nnc(C)[nH]3)[C@@H](C)C2)nc2c(-c3ccc(-c4ccccc4F)nc3)cnn2c1N. The Morgan fingerprint density at radius 3 is 2.38 bits per heavy atom. The number of hydrogen-bond acceptors (Lipinski definition) is 8. The van der Waals surface area contributed by atoms with Crippen LogP contribution in [0.5, 0.6) is 0 Å². The summed E-state index contributed by atoms with van der Waals surface area (Å²) in [5.74, 6) is 0.0788. The molecule has 3 N–H and O–H groups in total. The number of benzene rings is 1. The molecule has 0 saturated carbocycles. The fraction of sp³-hybridized carbons (Fsp3) is 0.300. The van der Waals surface area contributed by atoms with Crippen molar-refractivity contribution in [1.82, 2.24) is 39.7 Å². The van der Waals surface area contributed by atoms with Crippen molar-refractivity contribution in [2.45, 2.75) is 58.5 Å². The highest BCUT2D eigenvalue weighted by atomic mass is 19.1. The van der Waals surface area contributed by atoms with Gasteiger partial charge >= 0.3 is 0 Å². The molecule has 214 valence electrons. The number of hydrogen-bond donors (Lipinski definition) is 2. The zero-order valence-corrected chi connectivity index (χ0v) is 23.7. The van der Waals surface area contributed by atoms with Gasteiger partial charge in [-0.2, -0.15) is 9.61 Å². The van der Waals surface area contributed by atoms with Crippen LogP contribution >= 0.6 is 0 Å². The van der Waals surface area contributed by atoms with E-state index in [0.29, 0.717) is 52.4 Å². The van der Waals surface area contributed by atoms with Crippen LogP contribution in [0.1, 0.15) is 72.0 Å². The fourth-order valence-corrected chi connectivity index (χ4v) is 6.04. The van der Waals surface area contributed by atoms with E-state index in [1.165, 1.54) is 17.5 Å². The fourth-order valence-electron chi connectivity index (χ4n) is 6.04. The summed E-state index contributed by atoms with van der Waals surface area (Å²) in [6, 6.07) is 9.74. The van der Waals surface area contributed by atoms with E-state index >= 15 is 0 Å². The number of aryl methyl sites for hydroxylation is 1. The quantitative estimate of drug-likeness (QED) is 0.293. The first-order chi connectivity index (χ1) is 20.1. The number of amides is 1. The van der Waals surface area contributed by atoms with E-state index in [1.807, 2.05) is 19.9 Å². The molecule has 0 spiro atoms. The number of nitrogens with two attached hydrogens (primary N) is 1. The molecule has 0 radical (unpaired) electrons. The number of Topliss-reactive ketones (excluding diaryl/α,β-unsaturated/α-hetero) is 1. The number of fused-ring (bicyclic) bond motifs is 1. The molecule has 1 aromatic carbocycles. The number of nitrogens with one attached hydrogen (secondary N) is 1. The number of aromatic amines is 1. The van der Waals surface area contributed by atoms with Crippen LogP contribution in [0.3, 0.4) is 0 Å². The zero-order valence-electron chi connectivity index (χ0n) is 23.7. The van der Waals surface area contributed by atoms with Crippen LogP contribution in [0, 0.1) is 12.7 Å². The largest absolute Gasteiger partial charge is 0.383 e. The first-order valence-corrected chi connectivity index (χ1v) is 13.7. The van der Waals surface area contributed by atoms with Crippen LogP contribution in [-0.2, 0) is 0 Å². The molecule has 1 unspecified atom stereocenters. The Hall–Kier alpha value is -5.00. The molecule has 1 amide bonds. The molecule has 42 heavy (non-hydrogen) atoms. The van der Waals surface area contributed by atoms with Gasteiger partial charge in [0.25, 0.3) is 5.91 Å². The van der Waals surface area contributed by atoms with Crippen molar-refractivity contribution in [2.75, 3.05) is 5.73 Å². The molecule has 3 atom stereocenters. The first kappa shape index (κ1) is 27.2. The smallest absolute Gasteiger partial charge is 0.292 e. The minimum absolute atomic E-state index is 0.133. The molecule has 1 saturated heterocycles. The zero-order chi connectivity index (χ0) is 29.7. The second-order valence-corrected chi connectivity index (χ2v) is 10.9. The van der Waals surface area contributed by atoms with Crippen LogP contribution in [0.2, 0.25) is 0 Å². The highest BCUT2D eigenvalue weighted by Gasteiger charge is 2.38. The molecular formula is C30H30FN9O2. The van der Waals surface area contributed by atoms with E-state index in [2.05, 4.69) is 25.3 Å². The number of nitrogens with zero attached hydrogens (tertiary/aromatic N) is 7. The molecular weight excluding hydrogens is 537 g/mol. The summed E-state index contributed by atoms with van der Waals surface area (Å²) in [5.41, 5.74) is 10.3. The lowest BCUT2D eigenvalue weighted by Crippen LogP contribution is -2.50. The number of aromatic nitrogens is 7. The number of anilines is 1. The predicted octanol–water partition coefficient (Wildman–Crippen LogP) is 4.61. The average Bonchev–Trinajstić information content (AvgIpc) is 3.59. The first-order valence-electron chi connectivity index (χ1n) is 13.7. The highest BCUT2D eigenvalue weighted by molar-refractivity contribution is 6.00. The number of carbonyl (C=O) groups excluding carboxylic acids is 2. The van der Waals surface area contributed by atoms with Gasteiger partial charge in [0.15, 0.2) is 11.4 Å². The van der Waals surface area contributed by atoms with Crippen molar-refractivity contribution < 1.29 is 14.0 Å². The Kier molecular flexibility index (Phi) is 6.76. The molecule has 4 aromatic heterocycles. The third-order valence-corrected chi connectivity index (χ3v) is 7.91. The third kappa shape index (κ3) is 4.58. The molecule has 5 heterocycles. The van der Waals surface area contributed by atoms with Crippen LogP contribution < -0.4 is 5.73 Å². The third-order valence-electron chi connectivity index (χ3n) is 7.91. The number of ketones is 1. The maximum Gasteiger partial charge on any atom is 0.292 e. The van der Waals surface area contributed by atoms with Crippen LogP contribution in [-0.4, -0.2) is 63.4 Å². The molecule has 5 aromatic rings. The lowest BCUT2D eigenvalue weighted by molar-refractivity contribution is 0.0462. The molecule has 0 bridgehead atoms. The standard InChI is InChI=1S/C30H30FN9O2/c1-15-11-20(12-16(2)39(15)30(42)28-35-18(4)37-38-28)26-25(17(3)41)27(32)40-29(36-26)22(14-34-40)19-9-10-24(33-13-19)21-7-5-6-8-23(21)31/h5-10,13-16,20H,11-12,32H2,1-4H3,(H,35,37,38)/t15-,16?,20-/m0/s1. The van der Waals surface area contributed by atoms with E-state index in [1.54, 1.807) is 48.5 Å². The van der Waals surface area contributed by atoms with Crippen LogP contribution in [0.25, 0.3) is 28.0 Å². The van der Waals surface area contributed by atoms with E-state index in [-0.39, 0.29) is 47.2 Å². The summed E-state index contributed by atoms with van der Waals surface area (Å²) >= 11 is 0. The van der Waals surface area contributed by atoms with Crippen molar-refractivity contribution in [3.8, 4) is 22.4 Å². The summed E-state index contributed by atoms with van der Waals surface area (Å²) in [6.45, 7) is 7.17. The summed E-state index contributed by atoms with van der Waals surface area (Å²) in [4.78, 5) is 40.3. The maximum atomic E-state index is 14.3. The minimum atomic E-state index is -0.350. The van der Waals surface area contributed by atoms with Crippen molar-refractivity contribution in [2.24, 2.45) is 0 Å². The van der Waals surface area contributed by atoms with E-state index in [9.17, 15) is 14.0 Å². The molecule has 6 rings (SSSR count). The molecule has 1 aliphatic rings. The summed E-state index contributed by atoms with van der Waals surface area (Å²) < 4.78 is 15.8. The summed E-state index contributed by atoms with van der Waals surface area (Å²) in [6.07, 6.45) is 4.44. The van der Waals surface area contributed by atoms with Crippen LogP contribution in [0.4, 0.5) is 10.2 Å². The van der Waals surface area contributed by atoms with Crippen molar-refractivity contribution in [3.63, 3.8) is 0 Å². The van der Waals surface area contributed by atoms with Crippen molar-refractivity contribution in [3.05, 3.63) is 77.5 Å². The molecule has 11 nitrogen and oxygen atoms in total. The number of nitrogen functional groups attached to an aromatic ring is 1. The molecule has 1 fully saturated rings. The number of piperidine rings is 1. The number of rotatable bonds is 5. The van der Waals surface area contributed by atoms with Gasteiger partial charge in [-0.3, -0.25) is 14.6 Å². The van der Waals surface area contributed by atoms with Gasteiger partial charge in [0.1, 0.15) is 17.5 Å².